The van der Waals surface area contributed by atoms with E-state index in [1.165, 1.54) is 32.1 Å². The smallest absolute Gasteiger partial charge is 0.148 e. The van der Waals surface area contributed by atoms with Gasteiger partial charge in [-0.1, -0.05) is 6.42 Å². The van der Waals surface area contributed by atoms with Crippen LogP contribution >= 0.6 is 0 Å². The molecule has 5 heteroatoms. The van der Waals surface area contributed by atoms with Crippen LogP contribution in [0.25, 0.3) is 0 Å². The molecule has 0 amide bonds. The quantitative estimate of drug-likeness (QED) is 0.695. The maximum Gasteiger partial charge on any atom is 0.148 e. The van der Waals surface area contributed by atoms with Crippen molar-refractivity contribution in [3.8, 4) is 0 Å². The van der Waals surface area contributed by atoms with Gasteiger partial charge in [0.1, 0.15) is 9.84 Å². The van der Waals surface area contributed by atoms with Gasteiger partial charge in [-0.3, -0.25) is 0 Å². The average Bonchev–Trinajstić information content (AvgIpc) is 2.18. The largest absolute Gasteiger partial charge is 0.316 e. The van der Waals surface area contributed by atoms with Crippen LogP contribution in [0.5, 0.6) is 0 Å². The van der Waals surface area contributed by atoms with E-state index in [1.54, 1.807) is 0 Å². The van der Waals surface area contributed by atoms with Crippen LogP contribution in [0.2, 0.25) is 0 Å². The second-order valence-corrected chi connectivity index (χ2v) is 7.06. The molecule has 0 saturated carbocycles. The molecule has 0 aromatic rings. The van der Waals surface area contributed by atoms with Crippen molar-refractivity contribution in [2.75, 3.05) is 38.7 Å². The van der Waals surface area contributed by atoms with Gasteiger partial charge in [-0.05, 0) is 39.4 Å². The zero-order chi connectivity index (χ0) is 12.0. The van der Waals surface area contributed by atoms with E-state index in [9.17, 15) is 8.42 Å². The van der Waals surface area contributed by atoms with Gasteiger partial charge in [-0.15, -0.1) is 0 Å². The minimum absolute atomic E-state index is 0.244. The lowest BCUT2D eigenvalue weighted by atomic mass is 10.0. The number of rotatable bonds is 6. The zero-order valence-electron chi connectivity index (χ0n) is 10.4. The molecule has 4 nitrogen and oxygen atoms in total. The maximum absolute atomic E-state index is 10.9. The minimum Gasteiger partial charge on any atom is -0.316 e. The lowest BCUT2D eigenvalue weighted by Gasteiger charge is -2.32. The molecular formula is C11H24N2O2S. The fourth-order valence-corrected chi connectivity index (χ4v) is 2.68. The molecule has 0 aromatic carbocycles. The third kappa shape index (κ3) is 5.82. The van der Waals surface area contributed by atoms with Crippen LogP contribution in [0.4, 0.5) is 0 Å². The molecule has 0 spiro atoms. The van der Waals surface area contributed by atoms with Gasteiger partial charge in [0.15, 0.2) is 0 Å². The Morgan fingerprint density at radius 2 is 2.06 bits per heavy atom. The van der Waals surface area contributed by atoms with Crippen LogP contribution in [0.15, 0.2) is 0 Å². The Hall–Kier alpha value is -0.130. The van der Waals surface area contributed by atoms with Crippen LogP contribution in [0.1, 0.15) is 25.7 Å². The Bertz CT molecular complexity index is 290. The van der Waals surface area contributed by atoms with E-state index in [1.807, 2.05) is 0 Å². The van der Waals surface area contributed by atoms with Gasteiger partial charge in [0, 0.05) is 18.8 Å². The highest BCUT2D eigenvalue weighted by Crippen LogP contribution is 2.16. The Morgan fingerprint density at radius 3 is 2.69 bits per heavy atom. The van der Waals surface area contributed by atoms with E-state index < -0.39 is 9.84 Å². The predicted octanol–water partition coefficient (Wildman–Crippen LogP) is 0.495. The number of likely N-dealkylation sites (tertiary alicyclic amines) is 1. The Labute approximate surface area is 99.3 Å². The third-order valence-electron chi connectivity index (χ3n) is 3.23. The summed E-state index contributed by atoms with van der Waals surface area (Å²) >= 11 is 0. The molecular weight excluding hydrogens is 224 g/mol. The van der Waals surface area contributed by atoms with E-state index in [2.05, 4.69) is 17.3 Å². The van der Waals surface area contributed by atoms with E-state index in [0.29, 0.717) is 12.6 Å². The molecule has 1 heterocycles. The Morgan fingerprint density at radius 1 is 1.31 bits per heavy atom. The lowest BCUT2D eigenvalue weighted by molar-refractivity contribution is 0.176. The molecule has 1 N–H and O–H groups in total. The van der Waals surface area contributed by atoms with Crippen molar-refractivity contribution in [1.82, 2.24) is 10.2 Å². The summed E-state index contributed by atoms with van der Waals surface area (Å²) in [4.78, 5) is 2.42. The van der Waals surface area contributed by atoms with Gasteiger partial charge in [0.2, 0.25) is 0 Å². The zero-order valence-corrected chi connectivity index (χ0v) is 11.2. The SMILES string of the molecule is CN1CCCCC1CCNCCS(C)(=O)=O. The molecule has 1 saturated heterocycles. The molecule has 1 fully saturated rings. The topological polar surface area (TPSA) is 49.4 Å². The summed E-state index contributed by atoms with van der Waals surface area (Å²) in [5.41, 5.74) is 0. The second kappa shape index (κ2) is 6.57. The first-order valence-corrected chi connectivity index (χ1v) is 8.14. The standard InChI is InChI=1S/C11H24N2O2S/c1-13-9-4-3-5-11(13)6-7-12-8-10-16(2,14)15/h11-12H,3-10H2,1-2H3. The van der Waals surface area contributed by atoms with Crippen molar-refractivity contribution in [3.63, 3.8) is 0 Å². The summed E-state index contributed by atoms with van der Waals surface area (Å²) in [7, 11) is -0.632. The molecule has 16 heavy (non-hydrogen) atoms. The van der Waals surface area contributed by atoms with E-state index in [4.69, 9.17) is 0 Å². The molecule has 1 aliphatic heterocycles. The van der Waals surface area contributed by atoms with Crippen LogP contribution in [0, 0.1) is 0 Å². The van der Waals surface area contributed by atoms with Crippen LogP contribution in [-0.2, 0) is 9.84 Å². The predicted molar refractivity (Wildman–Crippen MR) is 67.5 cm³/mol. The highest BCUT2D eigenvalue weighted by Gasteiger charge is 2.17. The summed E-state index contributed by atoms with van der Waals surface area (Å²) in [6.45, 7) is 2.70. The Balaban J connectivity index is 2.06. The van der Waals surface area contributed by atoms with Gasteiger partial charge < -0.3 is 10.2 Å². The number of hydrogen-bond acceptors (Lipinski definition) is 4. The molecule has 0 bridgehead atoms. The highest BCUT2D eigenvalue weighted by atomic mass is 32.2. The van der Waals surface area contributed by atoms with Crippen molar-refractivity contribution in [3.05, 3.63) is 0 Å². The molecule has 0 radical (unpaired) electrons. The summed E-state index contributed by atoms with van der Waals surface area (Å²) in [6, 6.07) is 0.680. The van der Waals surface area contributed by atoms with Crippen molar-refractivity contribution in [2.24, 2.45) is 0 Å². The van der Waals surface area contributed by atoms with Crippen molar-refractivity contribution in [1.29, 1.82) is 0 Å². The maximum atomic E-state index is 10.9. The molecule has 1 unspecified atom stereocenters. The molecule has 96 valence electrons. The van der Waals surface area contributed by atoms with Gasteiger partial charge >= 0.3 is 0 Å². The summed E-state index contributed by atoms with van der Waals surface area (Å²) in [5.74, 6) is 0.244. The molecule has 0 aliphatic carbocycles. The van der Waals surface area contributed by atoms with Crippen molar-refractivity contribution in [2.45, 2.75) is 31.7 Å². The molecule has 0 aromatic heterocycles. The number of piperidine rings is 1. The van der Waals surface area contributed by atoms with Gasteiger partial charge in [-0.25, -0.2) is 8.42 Å². The normalized spacial score (nSPS) is 23.5. The van der Waals surface area contributed by atoms with Crippen LogP contribution < -0.4 is 5.32 Å². The van der Waals surface area contributed by atoms with Gasteiger partial charge in [0.05, 0.1) is 5.75 Å². The number of hydrogen-bond donors (Lipinski definition) is 1. The number of nitrogens with one attached hydrogen (secondary N) is 1. The summed E-state index contributed by atoms with van der Waals surface area (Å²) < 4.78 is 21.8. The molecule has 1 aliphatic rings. The fourth-order valence-electron chi connectivity index (χ4n) is 2.16. The molecule has 1 atom stereocenters. The first kappa shape index (κ1) is 13.9. The monoisotopic (exact) mass is 248 g/mol. The number of sulfone groups is 1. The minimum atomic E-state index is -2.81. The van der Waals surface area contributed by atoms with E-state index in [-0.39, 0.29) is 5.75 Å². The molecule has 1 rings (SSSR count). The third-order valence-corrected chi connectivity index (χ3v) is 4.17. The van der Waals surface area contributed by atoms with Gasteiger partial charge in [-0.2, -0.15) is 0 Å². The van der Waals surface area contributed by atoms with Crippen molar-refractivity contribution >= 4 is 9.84 Å². The lowest BCUT2D eigenvalue weighted by Crippen LogP contribution is -2.38. The van der Waals surface area contributed by atoms with Crippen LogP contribution in [-0.4, -0.2) is 58.1 Å². The van der Waals surface area contributed by atoms with E-state index in [0.717, 1.165) is 13.0 Å². The van der Waals surface area contributed by atoms with Gasteiger partial charge in [0.25, 0.3) is 0 Å². The highest BCUT2D eigenvalue weighted by molar-refractivity contribution is 7.90. The fraction of sp³-hybridized carbons (Fsp3) is 1.00. The first-order valence-electron chi connectivity index (χ1n) is 6.08. The van der Waals surface area contributed by atoms with E-state index >= 15 is 0 Å². The Kier molecular flexibility index (Phi) is 5.72. The van der Waals surface area contributed by atoms with Crippen LogP contribution in [0.3, 0.4) is 0 Å². The first-order chi connectivity index (χ1) is 7.49. The average molecular weight is 248 g/mol. The summed E-state index contributed by atoms with van der Waals surface area (Å²) in [6.07, 6.45) is 6.33. The number of nitrogens with zero attached hydrogens (tertiary/aromatic N) is 1. The van der Waals surface area contributed by atoms with Crippen molar-refractivity contribution < 1.29 is 8.42 Å². The second-order valence-electron chi connectivity index (χ2n) is 4.80. The summed E-state index contributed by atoms with van der Waals surface area (Å²) in [5, 5.41) is 3.20.